The van der Waals surface area contributed by atoms with Gasteiger partial charge in [0.2, 0.25) is 0 Å². The minimum Gasteiger partial charge on any atom is -0.314 e. The number of fused-ring (bicyclic) bond motifs is 1. The number of hydrogen-bond acceptors (Lipinski definition) is 3. The minimum absolute atomic E-state index is 1.03. The molecule has 0 amide bonds. The Bertz CT molecular complexity index is 464. The molecule has 1 saturated heterocycles. The third-order valence-corrected chi connectivity index (χ3v) is 3.58. The highest BCUT2D eigenvalue weighted by Gasteiger charge is 2.01. The van der Waals surface area contributed by atoms with E-state index in [0.717, 1.165) is 22.3 Å². The smallest absolute Gasteiger partial charge is 0.104 e. The number of halogens is 1. The first-order chi connectivity index (χ1) is 10.3. The predicted molar refractivity (Wildman–Crippen MR) is 102 cm³/mol. The quantitative estimate of drug-likeness (QED) is 0.658. The van der Waals surface area contributed by atoms with E-state index in [1.54, 1.807) is 0 Å². The van der Waals surface area contributed by atoms with Crippen molar-refractivity contribution in [2.45, 2.75) is 27.7 Å². The van der Waals surface area contributed by atoms with Crippen LogP contribution in [0.3, 0.4) is 0 Å². The van der Waals surface area contributed by atoms with Crippen LogP contribution in [0.4, 0.5) is 0 Å². The zero-order chi connectivity index (χ0) is 16.1. The number of para-hydroxylation sites is 1. The van der Waals surface area contributed by atoms with Crippen LogP contribution in [-0.4, -0.2) is 48.3 Å². The van der Waals surface area contributed by atoms with Crippen molar-refractivity contribution in [3.8, 4) is 0 Å². The Balaban J connectivity index is 0.000000321. The fourth-order valence-corrected chi connectivity index (χ4v) is 2.28. The van der Waals surface area contributed by atoms with E-state index in [4.69, 9.17) is 0 Å². The van der Waals surface area contributed by atoms with Crippen molar-refractivity contribution < 1.29 is 0 Å². The number of benzene rings is 1. The molecule has 21 heavy (non-hydrogen) atoms. The molecule has 2 heterocycles. The normalized spacial score (nSPS) is 14.0. The van der Waals surface area contributed by atoms with Crippen LogP contribution in [0, 0.1) is 3.70 Å². The monoisotopic (exact) mass is 404 g/mol. The molecular formula is C16H29IN4. The molecule has 0 bridgehead atoms. The summed E-state index contributed by atoms with van der Waals surface area (Å²) in [4.78, 5) is 2.33. The van der Waals surface area contributed by atoms with Gasteiger partial charge >= 0.3 is 0 Å². The van der Waals surface area contributed by atoms with Gasteiger partial charge in [-0.15, -0.1) is 0 Å². The molecule has 0 radical (unpaired) electrons. The number of H-pyrrole nitrogens is 1. The molecule has 5 heteroatoms. The molecule has 1 fully saturated rings. The van der Waals surface area contributed by atoms with E-state index in [9.17, 15) is 0 Å². The Kier molecular flexibility index (Phi) is 12.6. The summed E-state index contributed by atoms with van der Waals surface area (Å²) in [7, 11) is 2.15. The van der Waals surface area contributed by atoms with E-state index < -0.39 is 0 Å². The number of aromatic nitrogens is 2. The fourth-order valence-electron chi connectivity index (χ4n) is 1.70. The van der Waals surface area contributed by atoms with Crippen LogP contribution in [0.25, 0.3) is 10.9 Å². The number of aromatic amines is 1. The summed E-state index contributed by atoms with van der Waals surface area (Å²) >= 11 is 2.24. The van der Waals surface area contributed by atoms with Crippen molar-refractivity contribution in [1.29, 1.82) is 0 Å². The third-order valence-electron chi connectivity index (χ3n) is 2.76. The highest BCUT2D eigenvalue weighted by molar-refractivity contribution is 14.1. The van der Waals surface area contributed by atoms with Gasteiger partial charge in [0.05, 0.1) is 5.52 Å². The van der Waals surface area contributed by atoms with Crippen molar-refractivity contribution in [2.75, 3.05) is 33.2 Å². The average molecular weight is 404 g/mol. The number of nitrogens with zero attached hydrogens (tertiary/aromatic N) is 2. The topological polar surface area (TPSA) is 44.0 Å². The summed E-state index contributed by atoms with van der Waals surface area (Å²) in [5.41, 5.74) is 1.03. The molecule has 0 atom stereocenters. The summed E-state index contributed by atoms with van der Waals surface area (Å²) in [6.07, 6.45) is 0. The van der Waals surface area contributed by atoms with E-state index in [1.807, 2.05) is 45.9 Å². The van der Waals surface area contributed by atoms with Crippen LogP contribution in [0.15, 0.2) is 24.3 Å². The fraction of sp³-hybridized carbons (Fsp3) is 0.562. The first kappa shape index (κ1) is 20.3. The van der Waals surface area contributed by atoms with Crippen LogP contribution in [0.2, 0.25) is 0 Å². The number of hydrogen-bond donors (Lipinski definition) is 2. The Hall–Kier alpha value is -0.660. The van der Waals surface area contributed by atoms with Crippen LogP contribution in [0.5, 0.6) is 0 Å². The van der Waals surface area contributed by atoms with Gasteiger partial charge in [0.1, 0.15) is 3.70 Å². The number of rotatable bonds is 0. The molecule has 1 aliphatic rings. The second-order valence-electron chi connectivity index (χ2n) is 4.11. The Labute approximate surface area is 142 Å². The standard InChI is InChI=1S/C7H5IN2.C5H12N2.2C2H6/c8-7-5-3-1-2-4-6(5)9-10-7;1-7-4-2-6-3-5-7;2*1-2/h1-4H,(H,9,10);6H,2-5H2,1H3;2*1-2H3. The van der Waals surface area contributed by atoms with Gasteiger partial charge in [-0.25, -0.2) is 0 Å². The van der Waals surface area contributed by atoms with Crippen molar-refractivity contribution in [3.05, 3.63) is 28.0 Å². The van der Waals surface area contributed by atoms with Gasteiger partial charge in [-0.05, 0) is 35.7 Å². The van der Waals surface area contributed by atoms with Gasteiger partial charge in [0.15, 0.2) is 0 Å². The molecule has 1 aromatic carbocycles. The second-order valence-corrected chi connectivity index (χ2v) is 5.19. The van der Waals surface area contributed by atoms with E-state index in [2.05, 4.69) is 56.1 Å². The van der Waals surface area contributed by atoms with Gasteiger partial charge in [-0.3, -0.25) is 5.10 Å². The molecule has 0 spiro atoms. The Morgan fingerprint density at radius 1 is 1.05 bits per heavy atom. The largest absolute Gasteiger partial charge is 0.314 e. The van der Waals surface area contributed by atoms with E-state index in [-0.39, 0.29) is 0 Å². The van der Waals surface area contributed by atoms with Gasteiger partial charge in [0, 0.05) is 31.6 Å². The van der Waals surface area contributed by atoms with E-state index in [1.165, 1.54) is 18.5 Å². The average Bonchev–Trinajstić information content (AvgIpc) is 2.95. The van der Waals surface area contributed by atoms with Gasteiger partial charge in [-0.1, -0.05) is 45.9 Å². The van der Waals surface area contributed by atoms with Gasteiger partial charge in [0.25, 0.3) is 0 Å². The molecule has 4 nitrogen and oxygen atoms in total. The highest BCUT2D eigenvalue weighted by Crippen LogP contribution is 2.15. The molecule has 2 aromatic rings. The highest BCUT2D eigenvalue weighted by atomic mass is 127. The van der Waals surface area contributed by atoms with E-state index >= 15 is 0 Å². The zero-order valence-corrected chi connectivity index (χ0v) is 16.1. The predicted octanol–water partition coefficient (Wildman–Crippen LogP) is 3.74. The van der Waals surface area contributed by atoms with Gasteiger partial charge < -0.3 is 10.2 Å². The van der Waals surface area contributed by atoms with Crippen molar-refractivity contribution in [1.82, 2.24) is 20.4 Å². The lowest BCUT2D eigenvalue weighted by Crippen LogP contribution is -2.40. The molecule has 0 unspecified atom stereocenters. The van der Waals surface area contributed by atoms with Gasteiger partial charge in [-0.2, -0.15) is 5.10 Å². The van der Waals surface area contributed by atoms with E-state index in [0.29, 0.717) is 0 Å². The number of nitrogens with one attached hydrogen (secondary N) is 2. The number of piperazine rings is 1. The lowest BCUT2D eigenvalue weighted by molar-refractivity contribution is 0.291. The summed E-state index contributed by atoms with van der Waals surface area (Å²) in [5.74, 6) is 0. The molecule has 1 aromatic heterocycles. The van der Waals surface area contributed by atoms with Crippen molar-refractivity contribution in [3.63, 3.8) is 0 Å². The first-order valence-electron chi connectivity index (χ1n) is 7.75. The van der Waals surface area contributed by atoms with Crippen LogP contribution in [-0.2, 0) is 0 Å². The summed E-state index contributed by atoms with van der Waals surface area (Å²) < 4.78 is 1.10. The second kappa shape index (κ2) is 13.0. The lowest BCUT2D eigenvalue weighted by Gasteiger charge is -2.21. The van der Waals surface area contributed by atoms with Crippen molar-refractivity contribution >= 4 is 33.5 Å². The maximum atomic E-state index is 4.09. The SMILES string of the molecule is CC.CC.CN1CCNCC1.Ic1[nH]nc2ccccc12. The zero-order valence-electron chi connectivity index (χ0n) is 13.9. The maximum absolute atomic E-state index is 4.09. The summed E-state index contributed by atoms with van der Waals surface area (Å²) in [5, 5.41) is 11.5. The molecular weight excluding hydrogens is 375 g/mol. The Morgan fingerprint density at radius 3 is 2.10 bits per heavy atom. The summed E-state index contributed by atoms with van der Waals surface area (Å²) in [6.45, 7) is 12.7. The lowest BCUT2D eigenvalue weighted by atomic mass is 10.3. The van der Waals surface area contributed by atoms with Crippen LogP contribution in [0.1, 0.15) is 27.7 Å². The first-order valence-corrected chi connectivity index (χ1v) is 8.83. The van der Waals surface area contributed by atoms with Crippen molar-refractivity contribution in [2.24, 2.45) is 0 Å². The van der Waals surface area contributed by atoms with Crippen LogP contribution >= 0.6 is 22.6 Å². The molecule has 2 N–H and O–H groups in total. The maximum Gasteiger partial charge on any atom is 0.104 e. The Morgan fingerprint density at radius 2 is 1.62 bits per heavy atom. The molecule has 0 saturated carbocycles. The molecule has 120 valence electrons. The van der Waals surface area contributed by atoms with Crippen LogP contribution < -0.4 is 5.32 Å². The molecule has 0 aliphatic carbocycles. The molecule has 1 aliphatic heterocycles. The third kappa shape index (κ3) is 7.78. The summed E-state index contributed by atoms with van der Waals surface area (Å²) in [6, 6.07) is 8.05. The minimum atomic E-state index is 1.03. The molecule has 3 rings (SSSR count). The number of likely N-dealkylation sites (N-methyl/N-ethyl adjacent to an activating group) is 1.